The fraction of sp³-hybridized carbons (Fsp3) is 0.208. The molecule has 0 saturated heterocycles. The van der Waals surface area contributed by atoms with Gasteiger partial charge in [-0.2, -0.15) is 0 Å². The highest BCUT2D eigenvalue weighted by molar-refractivity contribution is 7.99. The largest absolute Gasteiger partial charge is 0.279 e. The summed E-state index contributed by atoms with van der Waals surface area (Å²) in [5.74, 6) is -0.0513. The van der Waals surface area contributed by atoms with Gasteiger partial charge in [0.25, 0.3) is 5.91 Å². The van der Waals surface area contributed by atoms with E-state index < -0.39 is 0 Å². The zero-order chi connectivity index (χ0) is 21.1. The van der Waals surface area contributed by atoms with Crippen LogP contribution in [-0.4, -0.2) is 21.1 Å². The monoisotopic (exact) mass is 433 g/mol. The molecule has 0 bridgehead atoms. The number of benzene rings is 2. The predicted molar refractivity (Wildman–Crippen MR) is 127 cm³/mol. The highest BCUT2D eigenvalue weighted by Gasteiger charge is 2.22. The minimum absolute atomic E-state index is 0.0513. The van der Waals surface area contributed by atoms with Crippen LogP contribution in [0.3, 0.4) is 0 Å². The second-order valence-electron chi connectivity index (χ2n) is 7.36. The van der Waals surface area contributed by atoms with Gasteiger partial charge in [0.05, 0.1) is 16.8 Å². The highest BCUT2D eigenvalue weighted by Crippen LogP contribution is 2.32. The molecule has 4 aromatic rings. The van der Waals surface area contributed by atoms with Crippen molar-refractivity contribution >= 4 is 44.4 Å². The van der Waals surface area contributed by atoms with E-state index in [1.807, 2.05) is 55.5 Å². The fourth-order valence-corrected chi connectivity index (χ4v) is 5.07. The van der Waals surface area contributed by atoms with Gasteiger partial charge in [0.1, 0.15) is 0 Å². The van der Waals surface area contributed by atoms with Crippen molar-refractivity contribution in [3.05, 3.63) is 83.7 Å². The molecule has 0 atom stereocenters. The molecule has 0 N–H and O–H groups in total. The zero-order valence-corrected chi connectivity index (χ0v) is 18.8. The molecule has 2 heterocycles. The van der Waals surface area contributed by atoms with Gasteiger partial charge in [-0.1, -0.05) is 37.3 Å². The molecule has 30 heavy (non-hydrogen) atoms. The summed E-state index contributed by atoms with van der Waals surface area (Å²) in [7, 11) is 0. The lowest BCUT2D eigenvalue weighted by molar-refractivity contribution is 0.0985. The molecule has 0 saturated carbocycles. The zero-order valence-electron chi connectivity index (χ0n) is 17.2. The van der Waals surface area contributed by atoms with Crippen LogP contribution in [0.25, 0.3) is 10.2 Å². The average molecular weight is 434 g/mol. The van der Waals surface area contributed by atoms with E-state index in [-0.39, 0.29) is 5.91 Å². The van der Waals surface area contributed by atoms with E-state index in [4.69, 9.17) is 4.98 Å². The molecule has 2 aromatic heterocycles. The van der Waals surface area contributed by atoms with Crippen LogP contribution in [0, 0.1) is 6.92 Å². The van der Waals surface area contributed by atoms with Crippen LogP contribution in [-0.2, 0) is 6.54 Å². The Morgan fingerprint density at radius 3 is 2.47 bits per heavy atom. The number of para-hydroxylation sites is 1. The number of anilines is 1. The molecule has 0 fully saturated rings. The lowest BCUT2D eigenvalue weighted by atomic mass is 10.2. The Labute approximate surface area is 185 Å². The van der Waals surface area contributed by atoms with Crippen molar-refractivity contribution in [1.29, 1.82) is 0 Å². The third kappa shape index (κ3) is 4.55. The fourth-order valence-electron chi connectivity index (χ4n) is 3.19. The van der Waals surface area contributed by atoms with E-state index in [2.05, 4.69) is 24.9 Å². The maximum atomic E-state index is 13.5. The molecule has 0 aliphatic carbocycles. The Bertz CT molecular complexity index is 1150. The SMILES string of the molecule is Cc1cccc2sc(N(Cc3ccncc3)C(=O)c3ccc(SC(C)C)cc3)nc12. The van der Waals surface area contributed by atoms with Gasteiger partial charge < -0.3 is 0 Å². The van der Waals surface area contributed by atoms with Gasteiger partial charge in [0.15, 0.2) is 5.13 Å². The summed E-state index contributed by atoms with van der Waals surface area (Å²) in [5, 5.41) is 1.21. The third-order valence-electron chi connectivity index (χ3n) is 4.65. The topological polar surface area (TPSA) is 46.1 Å². The quantitative estimate of drug-likeness (QED) is 0.333. The summed E-state index contributed by atoms with van der Waals surface area (Å²) in [6.07, 6.45) is 3.50. The van der Waals surface area contributed by atoms with E-state index in [0.29, 0.717) is 22.5 Å². The Morgan fingerprint density at radius 2 is 1.80 bits per heavy atom. The Kier molecular flexibility index (Phi) is 6.16. The lowest BCUT2D eigenvalue weighted by Gasteiger charge is -2.20. The van der Waals surface area contributed by atoms with Gasteiger partial charge in [-0.25, -0.2) is 4.98 Å². The van der Waals surface area contributed by atoms with Crippen LogP contribution in [0.2, 0.25) is 0 Å². The van der Waals surface area contributed by atoms with Crippen LogP contribution >= 0.6 is 23.1 Å². The summed E-state index contributed by atoms with van der Waals surface area (Å²) in [4.78, 5) is 25.4. The number of thiazole rings is 1. The average Bonchev–Trinajstić information content (AvgIpc) is 3.18. The molecule has 0 unspecified atom stereocenters. The normalized spacial score (nSPS) is 11.2. The van der Waals surface area contributed by atoms with Crippen molar-refractivity contribution < 1.29 is 4.79 Å². The third-order valence-corrected chi connectivity index (χ3v) is 6.71. The first-order chi connectivity index (χ1) is 14.5. The number of thioether (sulfide) groups is 1. The first kappa shape index (κ1) is 20.6. The van der Waals surface area contributed by atoms with Crippen LogP contribution in [0.4, 0.5) is 5.13 Å². The number of fused-ring (bicyclic) bond motifs is 1. The Morgan fingerprint density at radius 1 is 1.07 bits per heavy atom. The number of pyridine rings is 1. The van der Waals surface area contributed by atoms with Gasteiger partial charge in [-0.05, 0) is 60.5 Å². The number of aryl methyl sites for hydroxylation is 1. The second-order valence-corrected chi connectivity index (χ2v) is 10.0. The maximum Gasteiger partial charge on any atom is 0.260 e. The molecule has 0 aliphatic heterocycles. The van der Waals surface area contributed by atoms with Crippen LogP contribution in [0.5, 0.6) is 0 Å². The molecule has 2 aromatic carbocycles. The Hall–Kier alpha value is -2.70. The minimum atomic E-state index is -0.0513. The van der Waals surface area contributed by atoms with E-state index in [1.165, 1.54) is 0 Å². The smallest absolute Gasteiger partial charge is 0.260 e. The van der Waals surface area contributed by atoms with Gasteiger partial charge in [0, 0.05) is 28.1 Å². The van der Waals surface area contributed by atoms with E-state index in [0.717, 1.165) is 26.2 Å². The van der Waals surface area contributed by atoms with Crippen LogP contribution < -0.4 is 4.90 Å². The van der Waals surface area contributed by atoms with Gasteiger partial charge in [-0.15, -0.1) is 11.8 Å². The first-order valence-corrected chi connectivity index (χ1v) is 11.5. The van der Waals surface area contributed by atoms with Crippen molar-refractivity contribution in [3.63, 3.8) is 0 Å². The minimum Gasteiger partial charge on any atom is -0.279 e. The number of carbonyl (C=O) groups is 1. The molecule has 152 valence electrons. The standard InChI is InChI=1S/C24H23N3OS2/c1-16(2)29-20-9-7-19(8-10-20)23(28)27(15-18-11-13-25-14-12-18)24-26-22-17(3)5-4-6-21(22)30-24/h4-14,16H,15H2,1-3H3. The number of aromatic nitrogens is 2. The molecule has 4 nitrogen and oxygen atoms in total. The number of carbonyl (C=O) groups excluding carboxylic acids is 1. The predicted octanol–water partition coefficient (Wildman–Crippen LogP) is 6.35. The van der Waals surface area contributed by atoms with Gasteiger partial charge in [-0.3, -0.25) is 14.7 Å². The number of amides is 1. The summed E-state index contributed by atoms with van der Waals surface area (Å²) >= 11 is 3.34. The van der Waals surface area contributed by atoms with Crippen LogP contribution in [0.1, 0.15) is 35.3 Å². The van der Waals surface area contributed by atoms with E-state index in [1.54, 1.807) is 40.4 Å². The van der Waals surface area contributed by atoms with Crippen molar-refractivity contribution in [2.45, 2.75) is 37.5 Å². The van der Waals surface area contributed by atoms with E-state index in [9.17, 15) is 4.79 Å². The summed E-state index contributed by atoms with van der Waals surface area (Å²) in [6, 6.07) is 17.8. The number of hydrogen-bond acceptors (Lipinski definition) is 5. The van der Waals surface area contributed by atoms with Gasteiger partial charge in [0.2, 0.25) is 0 Å². The lowest BCUT2D eigenvalue weighted by Crippen LogP contribution is -2.30. The molecule has 0 radical (unpaired) electrons. The van der Waals surface area contributed by atoms with Gasteiger partial charge >= 0.3 is 0 Å². The number of hydrogen-bond donors (Lipinski definition) is 0. The molecule has 0 aliphatic rings. The summed E-state index contributed by atoms with van der Waals surface area (Å²) in [6.45, 7) is 6.82. The molecule has 4 rings (SSSR count). The Balaban J connectivity index is 1.70. The summed E-state index contributed by atoms with van der Waals surface area (Å²) in [5.41, 5.74) is 3.74. The van der Waals surface area contributed by atoms with Crippen molar-refractivity contribution in [3.8, 4) is 0 Å². The number of nitrogens with zero attached hydrogens (tertiary/aromatic N) is 3. The molecular weight excluding hydrogens is 410 g/mol. The van der Waals surface area contributed by atoms with Crippen molar-refractivity contribution in [2.24, 2.45) is 0 Å². The molecule has 1 amide bonds. The maximum absolute atomic E-state index is 13.5. The summed E-state index contributed by atoms with van der Waals surface area (Å²) < 4.78 is 1.08. The second kappa shape index (κ2) is 8.98. The molecule has 6 heteroatoms. The molecule has 0 spiro atoms. The molecular formula is C24H23N3OS2. The highest BCUT2D eigenvalue weighted by atomic mass is 32.2. The number of rotatable bonds is 6. The van der Waals surface area contributed by atoms with E-state index >= 15 is 0 Å². The van der Waals surface area contributed by atoms with Crippen LogP contribution in [0.15, 0.2) is 71.9 Å². The van der Waals surface area contributed by atoms with Crippen molar-refractivity contribution in [2.75, 3.05) is 4.90 Å². The van der Waals surface area contributed by atoms with Crippen molar-refractivity contribution in [1.82, 2.24) is 9.97 Å². The first-order valence-electron chi connectivity index (χ1n) is 9.85.